The Bertz CT molecular complexity index is 954. The van der Waals surface area contributed by atoms with Gasteiger partial charge in [-0.3, -0.25) is 9.67 Å². The Hall–Kier alpha value is -1.66. The molecular weight excluding hydrogens is 515 g/mol. The van der Waals surface area contributed by atoms with Crippen LogP contribution in [0.25, 0.3) is 0 Å². The zero-order chi connectivity index (χ0) is 21.6. The minimum Gasteiger partial charge on any atom is -0.357 e. The van der Waals surface area contributed by atoms with Gasteiger partial charge in [0.2, 0.25) is 10.0 Å². The fourth-order valence-electron chi connectivity index (χ4n) is 3.17. The Morgan fingerprint density at radius 1 is 1.27 bits per heavy atom. The molecule has 8 nitrogen and oxygen atoms in total. The molecule has 0 aliphatic carbocycles. The molecule has 2 rings (SSSR count). The lowest BCUT2D eigenvalue weighted by Crippen LogP contribution is -2.43. The minimum absolute atomic E-state index is 0. The topological polar surface area (TPSA) is 114 Å². The normalized spacial score (nSPS) is 12.9. The first-order valence-corrected chi connectivity index (χ1v) is 11.3. The van der Waals surface area contributed by atoms with Gasteiger partial charge in [0, 0.05) is 31.9 Å². The van der Waals surface area contributed by atoms with Gasteiger partial charge >= 0.3 is 0 Å². The number of nitrogens with two attached hydrogens (primary N) is 1. The van der Waals surface area contributed by atoms with E-state index in [0.717, 1.165) is 30.2 Å². The molecule has 0 aliphatic rings. The van der Waals surface area contributed by atoms with Crippen LogP contribution in [-0.4, -0.2) is 43.3 Å². The number of aromatic nitrogens is 2. The molecule has 1 atom stereocenters. The molecule has 0 amide bonds. The molecule has 2 aromatic rings. The molecule has 168 valence electrons. The van der Waals surface area contributed by atoms with Gasteiger partial charge in [-0.05, 0) is 63.8 Å². The zero-order valence-corrected chi connectivity index (χ0v) is 21.4. The van der Waals surface area contributed by atoms with E-state index in [9.17, 15) is 8.42 Å². The number of aryl methyl sites for hydroxylation is 2. The van der Waals surface area contributed by atoms with Crippen molar-refractivity contribution in [3.63, 3.8) is 0 Å². The van der Waals surface area contributed by atoms with Gasteiger partial charge in [0.15, 0.2) is 5.96 Å². The first-order chi connectivity index (χ1) is 13.6. The second-order valence-electron chi connectivity index (χ2n) is 7.22. The third kappa shape index (κ3) is 7.55. The van der Waals surface area contributed by atoms with Gasteiger partial charge in [0.1, 0.15) is 0 Å². The number of hydrogen-bond donors (Lipinski definition) is 3. The van der Waals surface area contributed by atoms with Crippen LogP contribution in [0.1, 0.15) is 36.4 Å². The first-order valence-electron chi connectivity index (χ1n) is 9.77. The van der Waals surface area contributed by atoms with Crippen molar-refractivity contribution in [1.82, 2.24) is 20.4 Å². The summed E-state index contributed by atoms with van der Waals surface area (Å²) < 4.78 is 24.6. The van der Waals surface area contributed by atoms with Gasteiger partial charge in [-0.25, -0.2) is 13.6 Å². The predicted octanol–water partition coefficient (Wildman–Crippen LogP) is 2.03. The molecule has 30 heavy (non-hydrogen) atoms. The molecule has 0 saturated carbocycles. The molecule has 0 radical (unpaired) electrons. The first kappa shape index (κ1) is 26.4. The number of rotatable bonds is 8. The zero-order valence-electron chi connectivity index (χ0n) is 18.3. The van der Waals surface area contributed by atoms with Gasteiger partial charge in [-0.15, -0.1) is 24.0 Å². The Labute approximate surface area is 196 Å². The van der Waals surface area contributed by atoms with Crippen molar-refractivity contribution in [1.29, 1.82) is 0 Å². The van der Waals surface area contributed by atoms with Crippen LogP contribution in [0.2, 0.25) is 0 Å². The Morgan fingerprint density at radius 3 is 2.40 bits per heavy atom. The van der Waals surface area contributed by atoms with Crippen molar-refractivity contribution in [2.45, 2.75) is 51.5 Å². The quantitative estimate of drug-likeness (QED) is 0.266. The highest BCUT2D eigenvalue weighted by Crippen LogP contribution is 2.14. The average Bonchev–Trinajstić information content (AvgIpc) is 2.87. The maximum absolute atomic E-state index is 11.3. The summed E-state index contributed by atoms with van der Waals surface area (Å²) in [5.41, 5.74) is 4.51. The summed E-state index contributed by atoms with van der Waals surface area (Å²) >= 11 is 0. The number of halogens is 1. The van der Waals surface area contributed by atoms with E-state index >= 15 is 0 Å². The number of nitrogens with zero attached hydrogens (tertiary/aromatic N) is 3. The van der Waals surface area contributed by atoms with E-state index in [4.69, 9.17) is 5.14 Å². The Kier molecular flexibility index (Phi) is 10.2. The standard InChI is InChI=1S/C20H32N6O2S.HI/c1-6-22-20(24-14(2)13-19-15(3)25-26(5)16(19)4)23-12-11-17-7-9-18(10-8-17)29(21,27)28;/h7-10,14H,6,11-13H2,1-5H3,(H2,21,27,28)(H2,22,23,24);1H. The summed E-state index contributed by atoms with van der Waals surface area (Å²) in [7, 11) is -1.70. The molecule has 0 bridgehead atoms. The maximum atomic E-state index is 11.3. The highest BCUT2D eigenvalue weighted by atomic mass is 127. The van der Waals surface area contributed by atoms with Crippen molar-refractivity contribution in [2.75, 3.05) is 13.1 Å². The van der Waals surface area contributed by atoms with Gasteiger partial charge in [0.25, 0.3) is 0 Å². The second kappa shape index (κ2) is 11.7. The molecule has 0 saturated heterocycles. The molecule has 1 heterocycles. The summed E-state index contributed by atoms with van der Waals surface area (Å²) in [4.78, 5) is 4.76. The van der Waals surface area contributed by atoms with E-state index in [0.29, 0.717) is 13.0 Å². The van der Waals surface area contributed by atoms with Gasteiger partial charge in [0.05, 0.1) is 10.6 Å². The van der Waals surface area contributed by atoms with Crippen LogP contribution in [0.3, 0.4) is 0 Å². The molecule has 10 heteroatoms. The van der Waals surface area contributed by atoms with Gasteiger partial charge in [-0.1, -0.05) is 12.1 Å². The molecule has 0 fully saturated rings. The van der Waals surface area contributed by atoms with Crippen LogP contribution in [0.5, 0.6) is 0 Å². The van der Waals surface area contributed by atoms with Crippen LogP contribution in [0.4, 0.5) is 0 Å². The molecule has 0 aliphatic heterocycles. The number of guanidine groups is 1. The molecular formula is C20H33IN6O2S. The van der Waals surface area contributed by atoms with E-state index in [1.54, 1.807) is 12.1 Å². The summed E-state index contributed by atoms with van der Waals surface area (Å²) in [6.45, 7) is 9.64. The fourth-order valence-corrected chi connectivity index (χ4v) is 3.68. The second-order valence-corrected chi connectivity index (χ2v) is 8.78. The molecule has 1 unspecified atom stereocenters. The van der Waals surface area contributed by atoms with Gasteiger partial charge in [-0.2, -0.15) is 5.10 Å². The van der Waals surface area contributed by atoms with Crippen molar-refractivity contribution in [3.05, 3.63) is 46.8 Å². The smallest absolute Gasteiger partial charge is 0.238 e. The number of benzene rings is 1. The van der Waals surface area contributed by atoms with Crippen LogP contribution in [0.15, 0.2) is 34.2 Å². The molecule has 1 aromatic heterocycles. The van der Waals surface area contributed by atoms with E-state index in [-0.39, 0.29) is 34.9 Å². The van der Waals surface area contributed by atoms with Crippen molar-refractivity contribution >= 4 is 40.0 Å². The third-order valence-electron chi connectivity index (χ3n) is 4.82. The lowest BCUT2D eigenvalue weighted by molar-refractivity contribution is 0.598. The number of aliphatic imine (C=N–C) groups is 1. The molecule has 0 spiro atoms. The van der Waals surface area contributed by atoms with E-state index < -0.39 is 10.0 Å². The minimum atomic E-state index is -3.66. The van der Waals surface area contributed by atoms with E-state index in [1.807, 2.05) is 25.6 Å². The lowest BCUT2D eigenvalue weighted by atomic mass is 10.1. The summed E-state index contributed by atoms with van der Waals surface area (Å²) in [5, 5.41) is 16.3. The van der Waals surface area contributed by atoms with Crippen LogP contribution < -0.4 is 15.8 Å². The number of nitrogens with one attached hydrogen (secondary N) is 2. The molecule has 4 N–H and O–H groups in total. The van der Waals surface area contributed by atoms with E-state index in [2.05, 4.69) is 34.6 Å². The van der Waals surface area contributed by atoms with Crippen molar-refractivity contribution in [3.8, 4) is 0 Å². The summed E-state index contributed by atoms with van der Waals surface area (Å²) in [5.74, 6) is 0.764. The Balaban J connectivity index is 0.00000450. The third-order valence-corrected chi connectivity index (χ3v) is 5.75. The number of sulfonamides is 1. The van der Waals surface area contributed by atoms with E-state index in [1.165, 1.54) is 23.4 Å². The SMILES string of the molecule is CCNC(=NCCc1ccc(S(N)(=O)=O)cc1)NC(C)Cc1c(C)nn(C)c1C.I. The molecule has 1 aromatic carbocycles. The summed E-state index contributed by atoms with van der Waals surface area (Å²) in [6, 6.07) is 6.79. The lowest BCUT2D eigenvalue weighted by Gasteiger charge is -2.18. The Morgan fingerprint density at radius 2 is 1.90 bits per heavy atom. The van der Waals surface area contributed by atoms with Crippen molar-refractivity contribution < 1.29 is 8.42 Å². The number of primary sulfonamides is 1. The number of hydrogen-bond acceptors (Lipinski definition) is 4. The highest BCUT2D eigenvalue weighted by Gasteiger charge is 2.14. The van der Waals surface area contributed by atoms with Crippen LogP contribution in [-0.2, 0) is 29.9 Å². The largest absolute Gasteiger partial charge is 0.357 e. The highest BCUT2D eigenvalue weighted by molar-refractivity contribution is 14.0. The monoisotopic (exact) mass is 548 g/mol. The van der Waals surface area contributed by atoms with Crippen molar-refractivity contribution in [2.24, 2.45) is 17.2 Å². The van der Waals surface area contributed by atoms with Crippen LogP contribution >= 0.6 is 24.0 Å². The summed E-state index contributed by atoms with van der Waals surface area (Å²) in [6.07, 6.45) is 1.57. The van der Waals surface area contributed by atoms with Crippen LogP contribution in [0, 0.1) is 13.8 Å². The predicted molar refractivity (Wildman–Crippen MR) is 132 cm³/mol. The maximum Gasteiger partial charge on any atom is 0.238 e. The average molecular weight is 548 g/mol. The fraction of sp³-hybridized carbons (Fsp3) is 0.500. The van der Waals surface area contributed by atoms with Gasteiger partial charge < -0.3 is 10.6 Å².